The van der Waals surface area contributed by atoms with Crippen molar-refractivity contribution in [3.05, 3.63) is 41.1 Å². The molecule has 0 fully saturated rings. The fraction of sp³-hybridized carbons (Fsp3) is 0.316. The first-order valence-corrected chi connectivity index (χ1v) is 8.56. The second-order valence-electron chi connectivity index (χ2n) is 6.17. The van der Waals surface area contributed by atoms with Crippen LogP contribution in [-0.2, 0) is 10.2 Å². The molecule has 0 saturated carbocycles. The van der Waals surface area contributed by atoms with Gasteiger partial charge in [0.15, 0.2) is 0 Å². The van der Waals surface area contributed by atoms with Crippen molar-refractivity contribution in [2.45, 2.75) is 37.5 Å². The molecule has 1 N–H and O–H groups in total. The van der Waals surface area contributed by atoms with Crippen LogP contribution in [-0.4, -0.2) is 29.4 Å². The number of fused-ring (bicyclic) bond motifs is 1. The maximum atomic E-state index is 10.8. The van der Waals surface area contributed by atoms with Gasteiger partial charge in [-0.25, -0.2) is 14.8 Å². The Bertz CT molecular complexity index is 795. The van der Waals surface area contributed by atoms with Gasteiger partial charge >= 0.3 is 5.97 Å². The Kier molecular flexibility index (Phi) is 5.63. The average Bonchev–Trinajstić information content (AvgIpc) is 2.54. The smallest absolute Gasteiger partial charge is 0.332 e. The van der Waals surface area contributed by atoms with Crippen LogP contribution in [0.4, 0.5) is 0 Å². The van der Waals surface area contributed by atoms with Gasteiger partial charge in [0.2, 0.25) is 5.84 Å². The molecule has 124 valence electrons. The molecule has 0 radical (unpaired) electrons. The van der Waals surface area contributed by atoms with E-state index in [0.717, 1.165) is 17.7 Å². The summed E-state index contributed by atoms with van der Waals surface area (Å²) in [4.78, 5) is 19.8. The van der Waals surface area contributed by atoms with E-state index in [1.54, 1.807) is 0 Å². The third-order valence-electron chi connectivity index (χ3n) is 3.88. The summed E-state index contributed by atoms with van der Waals surface area (Å²) in [7, 11) is 0. The number of hydrogen-bond acceptors (Lipinski definition) is 3. The second-order valence-corrected chi connectivity index (χ2v) is 7.31. The molecule has 1 aromatic carbocycles. The molecule has 0 aromatic heterocycles. The van der Waals surface area contributed by atoms with Crippen molar-refractivity contribution in [1.82, 2.24) is 0 Å². The normalized spacial score (nSPS) is 16.6. The largest absolute Gasteiger partial charge is 0.478 e. The van der Waals surface area contributed by atoms with Gasteiger partial charge in [-0.3, -0.25) is 0 Å². The Morgan fingerprint density at radius 2 is 2.21 bits per heavy atom. The molecule has 0 spiro atoms. The third kappa shape index (κ3) is 4.36. The molecule has 24 heavy (non-hydrogen) atoms. The second kappa shape index (κ2) is 7.50. The molecule has 0 unspecified atom stereocenters. The lowest BCUT2D eigenvalue weighted by molar-refractivity contribution is -0.132. The minimum Gasteiger partial charge on any atom is -0.478 e. The van der Waals surface area contributed by atoms with Crippen LogP contribution in [0, 0.1) is 11.8 Å². The molecular formula is C19H20N2O2S. The molecule has 0 atom stereocenters. The van der Waals surface area contributed by atoms with Crippen LogP contribution in [0.5, 0.6) is 0 Å². The number of benzene rings is 1. The Morgan fingerprint density at radius 3 is 2.88 bits per heavy atom. The molecule has 4 nitrogen and oxygen atoms in total. The highest BCUT2D eigenvalue weighted by Crippen LogP contribution is 2.41. The summed E-state index contributed by atoms with van der Waals surface area (Å²) in [5.41, 5.74) is 2.47. The summed E-state index contributed by atoms with van der Waals surface area (Å²) < 4.78 is 0. The average molecular weight is 340 g/mol. The van der Waals surface area contributed by atoms with E-state index in [9.17, 15) is 4.79 Å². The summed E-state index contributed by atoms with van der Waals surface area (Å²) in [6.45, 7) is 9.39. The Labute approximate surface area is 146 Å². The molecule has 2 rings (SSSR count). The molecule has 1 heterocycles. The van der Waals surface area contributed by atoms with Crippen LogP contribution in [0.15, 0.2) is 44.9 Å². The fourth-order valence-corrected chi connectivity index (χ4v) is 3.75. The number of thioether (sulfide) groups is 1. The maximum Gasteiger partial charge on any atom is 0.332 e. The molecule has 0 bridgehead atoms. The Hall–Kier alpha value is -2.32. The first-order valence-electron chi connectivity index (χ1n) is 7.57. The number of rotatable bonds is 2. The van der Waals surface area contributed by atoms with Gasteiger partial charge in [0.05, 0.1) is 5.57 Å². The lowest BCUT2D eigenvalue weighted by Crippen LogP contribution is -2.22. The van der Waals surface area contributed by atoms with E-state index in [0.29, 0.717) is 0 Å². The van der Waals surface area contributed by atoms with Crippen molar-refractivity contribution >= 4 is 30.3 Å². The molecule has 0 saturated heterocycles. The summed E-state index contributed by atoms with van der Waals surface area (Å²) >= 11 is 1.88. The monoisotopic (exact) mass is 340 g/mol. The van der Waals surface area contributed by atoms with Crippen molar-refractivity contribution in [3.63, 3.8) is 0 Å². The maximum absolute atomic E-state index is 10.8. The highest BCUT2D eigenvalue weighted by atomic mass is 32.2. The topological polar surface area (TPSA) is 62.0 Å². The molecule has 0 amide bonds. The minimum atomic E-state index is -1.02. The zero-order valence-electron chi connectivity index (χ0n) is 14.1. The number of aliphatic carboxylic acids is 1. The van der Waals surface area contributed by atoms with Crippen molar-refractivity contribution in [2.75, 3.05) is 5.75 Å². The first kappa shape index (κ1) is 18.0. The van der Waals surface area contributed by atoms with E-state index >= 15 is 0 Å². The van der Waals surface area contributed by atoms with Crippen molar-refractivity contribution in [2.24, 2.45) is 9.98 Å². The van der Waals surface area contributed by atoms with Gasteiger partial charge in [0, 0.05) is 16.7 Å². The number of carboxylic acids is 1. The Balaban J connectivity index is 2.30. The van der Waals surface area contributed by atoms with E-state index < -0.39 is 5.97 Å². The SMILES string of the molecule is C=N/C(C#Cc1ccc2c(c1)C(C)(C)CCS2)=N\C=C(/C)C(=O)O. The third-order valence-corrected chi connectivity index (χ3v) is 4.95. The van der Waals surface area contributed by atoms with E-state index in [1.807, 2.05) is 17.8 Å². The molecule has 1 aliphatic heterocycles. The van der Waals surface area contributed by atoms with Crippen molar-refractivity contribution < 1.29 is 9.90 Å². The van der Waals surface area contributed by atoms with Gasteiger partial charge in [0.1, 0.15) is 0 Å². The molecule has 1 aromatic rings. The Morgan fingerprint density at radius 1 is 1.46 bits per heavy atom. The minimum absolute atomic E-state index is 0.116. The zero-order chi connectivity index (χ0) is 17.7. The standard InChI is InChI=1S/C19H20N2O2S/c1-13(18(22)23)12-21-17(20-4)8-6-14-5-7-16-15(11-14)19(2,3)9-10-24-16/h5,7,11-12H,4,9-10H2,1-3H3,(H,22,23)/b13-12+,21-17-. The summed E-state index contributed by atoms with van der Waals surface area (Å²) in [6, 6.07) is 6.21. The van der Waals surface area contributed by atoms with E-state index in [-0.39, 0.29) is 16.8 Å². The van der Waals surface area contributed by atoms with Crippen LogP contribution in [0.1, 0.15) is 38.3 Å². The van der Waals surface area contributed by atoms with Gasteiger partial charge < -0.3 is 5.11 Å². The van der Waals surface area contributed by atoms with E-state index in [1.165, 1.54) is 23.6 Å². The van der Waals surface area contributed by atoms with Crippen LogP contribution in [0.2, 0.25) is 0 Å². The number of amidine groups is 1. The van der Waals surface area contributed by atoms with Gasteiger partial charge in [-0.1, -0.05) is 19.8 Å². The number of carboxylic acid groups (broad SMARTS) is 1. The van der Waals surface area contributed by atoms with Crippen molar-refractivity contribution in [1.29, 1.82) is 0 Å². The van der Waals surface area contributed by atoms with Crippen LogP contribution in [0.3, 0.4) is 0 Å². The summed E-state index contributed by atoms with van der Waals surface area (Å²) in [5, 5.41) is 8.82. The van der Waals surface area contributed by atoms with Gasteiger partial charge in [-0.05, 0) is 60.9 Å². The van der Waals surface area contributed by atoms with Gasteiger partial charge in [-0.2, -0.15) is 0 Å². The number of carbonyl (C=O) groups is 1. The summed E-state index contributed by atoms with van der Waals surface area (Å²) in [5.74, 6) is 6.19. The van der Waals surface area contributed by atoms with Crippen LogP contribution < -0.4 is 0 Å². The molecule has 0 aliphatic carbocycles. The lowest BCUT2D eigenvalue weighted by Gasteiger charge is -2.32. The first-order chi connectivity index (χ1) is 11.3. The van der Waals surface area contributed by atoms with Crippen LogP contribution >= 0.6 is 11.8 Å². The molecular weight excluding hydrogens is 320 g/mol. The van der Waals surface area contributed by atoms with E-state index in [2.05, 4.69) is 54.5 Å². The predicted octanol–water partition coefficient (Wildman–Crippen LogP) is 3.90. The van der Waals surface area contributed by atoms with Crippen LogP contribution in [0.25, 0.3) is 0 Å². The fourth-order valence-electron chi connectivity index (χ4n) is 2.27. The number of hydrogen-bond donors (Lipinski definition) is 1. The van der Waals surface area contributed by atoms with Gasteiger partial charge in [-0.15, -0.1) is 11.8 Å². The molecule has 1 aliphatic rings. The summed E-state index contributed by atoms with van der Waals surface area (Å²) in [6.07, 6.45) is 2.37. The lowest BCUT2D eigenvalue weighted by atomic mass is 9.81. The van der Waals surface area contributed by atoms with E-state index in [4.69, 9.17) is 5.11 Å². The molecule has 5 heteroatoms. The highest BCUT2D eigenvalue weighted by molar-refractivity contribution is 7.99. The number of nitrogens with zero attached hydrogens (tertiary/aromatic N) is 2. The number of aliphatic imine (C=N–C) groups is 2. The quantitative estimate of drug-likeness (QED) is 0.384. The van der Waals surface area contributed by atoms with Gasteiger partial charge in [0.25, 0.3) is 0 Å². The predicted molar refractivity (Wildman–Crippen MR) is 100 cm³/mol. The highest BCUT2D eigenvalue weighted by Gasteiger charge is 2.27. The zero-order valence-corrected chi connectivity index (χ0v) is 14.9. The van der Waals surface area contributed by atoms with Crippen molar-refractivity contribution in [3.8, 4) is 11.8 Å².